The number of hydrogen-bond donors (Lipinski definition) is 0. The first-order chi connectivity index (χ1) is 9.65. The lowest BCUT2D eigenvalue weighted by molar-refractivity contribution is -0.152. The highest BCUT2D eigenvalue weighted by atomic mass is 127. The number of hydrogen-bond acceptors (Lipinski definition) is 5. The summed E-state index contributed by atoms with van der Waals surface area (Å²) in [7, 11) is 3.20. The zero-order valence-corrected chi connectivity index (χ0v) is 14.4. The number of halogens is 1. The van der Waals surface area contributed by atoms with Crippen molar-refractivity contribution in [3.05, 3.63) is 15.7 Å². The average molecular weight is 396 g/mol. The first-order valence-electron chi connectivity index (χ1n) is 6.43. The Bertz CT molecular complexity index is 405. The van der Waals surface area contributed by atoms with Crippen molar-refractivity contribution in [1.82, 2.24) is 0 Å². The minimum atomic E-state index is -0.367. The SMILES string of the molecule is CCOC(COc1cc(OC)c(OC)cc1I)OCC. The Morgan fingerprint density at radius 2 is 1.50 bits per heavy atom. The van der Waals surface area contributed by atoms with Crippen molar-refractivity contribution in [2.75, 3.05) is 34.0 Å². The quantitative estimate of drug-likeness (QED) is 0.474. The summed E-state index contributed by atoms with van der Waals surface area (Å²) in [6.07, 6.45) is -0.367. The van der Waals surface area contributed by atoms with Gasteiger partial charge in [0.05, 0.1) is 17.8 Å². The lowest BCUT2D eigenvalue weighted by Gasteiger charge is -2.19. The van der Waals surface area contributed by atoms with Crippen LogP contribution in [-0.2, 0) is 9.47 Å². The van der Waals surface area contributed by atoms with E-state index >= 15 is 0 Å². The van der Waals surface area contributed by atoms with Crippen molar-refractivity contribution in [2.24, 2.45) is 0 Å². The van der Waals surface area contributed by atoms with E-state index in [9.17, 15) is 0 Å². The van der Waals surface area contributed by atoms with Gasteiger partial charge in [-0.2, -0.15) is 0 Å². The molecule has 0 aliphatic carbocycles. The lowest BCUT2D eigenvalue weighted by Crippen LogP contribution is -2.25. The summed E-state index contributed by atoms with van der Waals surface area (Å²) in [5.41, 5.74) is 0. The van der Waals surface area contributed by atoms with Crippen molar-refractivity contribution < 1.29 is 23.7 Å². The molecule has 1 rings (SSSR count). The van der Waals surface area contributed by atoms with E-state index in [1.165, 1.54) is 0 Å². The third kappa shape index (κ3) is 4.99. The van der Waals surface area contributed by atoms with E-state index in [-0.39, 0.29) is 6.29 Å². The predicted octanol–water partition coefficient (Wildman–Crippen LogP) is 3.09. The average Bonchev–Trinajstić information content (AvgIpc) is 2.45. The van der Waals surface area contributed by atoms with Gasteiger partial charge < -0.3 is 23.7 Å². The van der Waals surface area contributed by atoms with Gasteiger partial charge >= 0.3 is 0 Å². The van der Waals surface area contributed by atoms with Crippen LogP contribution < -0.4 is 14.2 Å². The summed E-state index contributed by atoms with van der Waals surface area (Å²) in [6, 6.07) is 3.67. The van der Waals surface area contributed by atoms with E-state index in [0.717, 1.165) is 3.57 Å². The molecule has 0 fully saturated rings. The molecule has 0 unspecified atom stereocenters. The maximum absolute atomic E-state index is 5.75. The molecule has 0 amide bonds. The summed E-state index contributed by atoms with van der Waals surface area (Å²) in [5.74, 6) is 2.02. The molecule has 0 N–H and O–H groups in total. The summed E-state index contributed by atoms with van der Waals surface area (Å²) >= 11 is 2.19. The second kappa shape index (κ2) is 9.25. The first kappa shape index (κ1) is 17.3. The van der Waals surface area contributed by atoms with Gasteiger partial charge in [0.15, 0.2) is 17.8 Å². The Morgan fingerprint density at radius 3 is 2.00 bits per heavy atom. The molecular weight excluding hydrogens is 375 g/mol. The van der Waals surface area contributed by atoms with Crippen LogP contribution in [0.3, 0.4) is 0 Å². The molecule has 20 heavy (non-hydrogen) atoms. The fraction of sp³-hybridized carbons (Fsp3) is 0.571. The smallest absolute Gasteiger partial charge is 0.191 e. The molecule has 0 aliphatic rings. The van der Waals surface area contributed by atoms with Crippen molar-refractivity contribution in [1.29, 1.82) is 0 Å². The molecule has 0 bridgehead atoms. The predicted molar refractivity (Wildman–Crippen MR) is 84.8 cm³/mol. The van der Waals surface area contributed by atoms with Gasteiger partial charge in [-0.3, -0.25) is 0 Å². The van der Waals surface area contributed by atoms with E-state index in [4.69, 9.17) is 23.7 Å². The van der Waals surface area contributed by atoms with Crippen LogP contribution in [0.15, 0.2) is 12.1 Å². The molecule has 0 spiro atoms. The van der Waals surface area contributed by atoms with Gasteiger partial charge in [0.1, 0.15) is 12.4 Å². The van der Waals surface area contributed by atoms with E-state index < -0.39 is 0 Å². The van der Waals surface area contributed by atoms with E-state index in [0.29, 0.717) is 37.1 Å². The minimum Gasteiger partial charge on any atom is -0.493 e. The Balaban J connectivity index is 2.76. The van der Waals surface area contributed by atoms with Crippen LogP contribution in [0, 0.1) is 3.57 Å². The van der Waals surface area contributed by atoms with Crippen LogP contribution in [-0.4, -0.2) is 40.3 Å². The molecule has 5 nitrogen and oxygen atoms in total. The maximum atomic E-state index is 5.75. The summed E-state index contributed by atoms with van der Waals surface area (Å²) < 4.78 is 28.1. The van der Waals surface area contributed by atoms with E-state index in [1.54, 1.807) is 20.3 Å². The fourth-order valence-electron chi connectivity index (χ4n) is 1.62. The second-order valence-electron chi connectivity index (χ2n) is 3.79. The normalized spacial score (nSPS) is 10.7. The molecule has 6 heteroatoms. The zero-order valence-electron chi connectivity index (χ0n) is 12.3. The number of benzene rings is 1. The molecule has 0 atom stereocenters. The summed E-state index contributed by atoms with van der Waals surface area (Å²) in [6.45, 7) is 5.33. The van der Waals surface area contributed by atoms with E-state index in [2.05, 4.69) is 22.6 Å². The van der Waals surface area contributed by atoms with Crippen LogP contribution in [0.1, 0.15) is 13.8 Å². The standard InChI is InChI=1S/C14H21IO5/c1-5-18-14(19-6-2)9-20-11-8-13(17-4)12(16-3)7-10(11)15/h7-8,14H,5-6,9H2,1-4H3. The fourth-order valence-corrected chi connectivity index (χ4v) is 2.21. The highest BCUT2D eigenvalue weighted by Gasteiger charge is 2.14. The summed E-state index contributed by atoms with van der Waals surface area (Å²) in [5, 5.41) is 0. The van der Waals surface area contributed by atoms with Crippen molar-refractivity contribution in [2.45, 2.75) is 20.1 Å². The molecule has 114 valence electrons. The minimum absolute atomic E-state index is 0.327. The molecular formula is C14H21IO5. The van der Waals surface area contributed by atoms with Crippen LogP contribution >= 0.6 is 22.6 Å². The van der Waals surface area contributed by atoms with Crippen LogP contribution in [0.2, 0.25) is 0 Å². The molecule has 0 aromatic heterocycles. The van der Waals surface area contributed by atoms with Crippen molar-refractivity contribution in [3.8, 4) is 17.2 Å². The molecule has 1 aromatic carbocycles. The zero-order chi connectivity index (χ0) is 15.0. The Kier molecular flexibility index (Phi) is 8.01. The molecule has 0 radical (unpaired) electrons. The monoisotopic (exact) mass is 396 g/mol. The number of rotatable bonds is 9. The summed E-state index contributed by atoms with van der Waals surface area (Å²) in [4.78, 5) is 0. The third-order valence-electron chi connectivity index (χ3n) is 2.52. The van der Waals surface area contributed by atoms with Crippen molar-refractivity contribution in [3.63, 3.8) is 0 Å². The Hall–Kier alpha value is -0.730. The highest BCUT2D eigenvalue weighted by molar-refractivity contribution is 14.1. The number of methoxy groups -OCH3 is 2. The largest absolute Gasteiger partial charge is 0.493 e. The molecule has 0 heterocycles. The van der Waals surface area contributed by atoms with E-state index in [1.807, 2.05) is 19.9 Å². The van der Waals surface area contributed by atoms with Gasteiger partial charge in [-0.05, 0) is 36.4 Å². The second-order valence-corrected chi connectivity index (χ2v) is 4.95. The number of ether oxygens (including phenoxy) is 5. The topological polar surface area (TPSA) is 46.2 Å². The van der Waals surface area contributed by atoms with Gasteiger partial charge in [-0.25, -0.2) is 0 Å². The van der Waals surface area contributed by atoms with Gasteiger partial charge in [-0.1, -0.05) is 0 Å². The molecule has 0 saturated heterocycles. The van der Waals surface area contributed by atoms with Crippen LogP contribution in [0.4, 0.5) is 0 Å². The highest BCUT2D eigenvalue weighted by Crippen LogP contribution is 2.35. The van der Waals surface area contributed by atoms with Gasteiger partial charge in [0, 0.05) is 25.3 Å². The Labute approximate surface area is 133 Å². The third-order valence-corrected chi connectivity index (χ3v) is 3.36. The Morgan fingerprint density at radius 1 is 0.950 bits per heavy atom. The van der Waals surface area contributed by atoms with Gasteiger partial charge in [0.2, 0.25) is 0 Å². The van der Waals surface area contributed by atoms with Crippen LogP contribution in [0.25, 0.3) is 0 Å². The van der Waals surface area contributed by atoms with Crippen molar-refractivity contribution >= 4 is 22.6 Å². The van der Waals surface area contributed by atoms with Gasteiger partial charge in [0.25, 0.3) is 0 Å². The maximum Gasteiger partial charge on any atom is 0.191 e. The van der Waals surface area contributed by atoms with Gasteiger partial charge in [-0.15, -0.1) is 0 Å². The molecule has 1 aromatic rings. The first-order valence-corrected chi connectivity index (χ1v) is 7.51. The van der Waals surface area contributed by atoms with Crippen LogP contribution in [0.5, 0.6) is 17.2 Å². The molecule has 0 saturated carbocycles. The molecule has 0 aliphatic heterocycles. The lowest BCUT2D eigenvalue weighted by atomic mass is 10.3.